The van der Waals surface area contributed by atoms with E-state index in [0.29, 0.717) is 4.57 Å². The third-order valence-electron chi connectivity index (χ3n) is 2.01. The van der Waals surface area contributed by atoms with Gasteiger partial charge in [-0.05, 0) is 6.42 Å². The van der Waals surface area contributed by atoms with Crippen LogP contribution in [0.4, 0.5) is 4.39 Å². The number of aromatic amines is 1. The molecule has 1 heterocycles. The lowest BCUT2D eigenvalue weighted by Gasteiger charge is -2.07. The van der Waals surface area contributed by atoms with Gasteiger partial charge in [0.05, 0.1) is 5.75 Å². The standard InChI is InChI=1S/C8H11FN2O5S/c1-17(15,16)4-2-3-11-7(13)5(9)6(12)10-8(11)14/h13H,2-4H2,1H3,(H,10,12,14). The number of hydrogen-bond donors (Lipinski definition) is 2. The first-order valence-electron chi connectivity index (χ1n) is 4.61. The second kappa shape index (κ2) is 4.70. The third kappa shape index (κ3) is 3.41. The molecular formula is C8H11FN2O5S. The molecule has 0 amide bonds. The number of nitrogens with one attached hydrogen (secondary N) is 1. The monoisotopic (exact) mass is 266 g/mol. The lowest BCUT2D eigenvalue weighted by atomic mass is 10.4. The van der Waals surface area contributed by atoms with Crippen LogP contribution in [-0.4, -0.2) is 35.1 Å². The molecule has 96 valence electrons. The Morgan fingerprint density at radius 3 is 2.53 bits per heavy atom. The second-order valence-corrected chi connectivity index (χ2v) is 5.79. The van der Waals surface area contributed by atoms with Crippen LogP contribution in [0.5, 0.6) is 5.88 Å². The number of rotatable bonds is 4. The summed E-state index contributed by atoms with van der Waals surface area (Å²) < 4.78 is 35.2. The van der Waals surface area contributed by atoms with Crippen molar-refractivity contribution >= 4 is 9.84 Å². The maximum absolute atomic E-state index is 13.0. The summed E-state index contributed by atoms with van der Waals surface area (Å²) in [5.41, 5.74) is -2.30. The van der Waals surface area contributed by atoms with Crippen LogP contribution in [0.15, 0.2) is 9.59 Å². The number of halogens is 1. The van der Waals surface area contributed by atoms with Gasteiger partial charge in [0.1, 0.15) is 9.84 Å². The molecule has 0 radical (unpaired) electrons. The molecular weight excluding hydrogens is 255 g/mol. The highest BCUT2D eigenvalue weighted by molar-refractivity contribution is 7.90. The molecule has 1 aromatic rings. The average molecular weight is 266 g/mol. The first-order valence-corrected chi connectivity index (χ1v) is 6.68. The van der Waals surface area contributed by atoms with Gasteiger partial charge >= 0.3 is 5.69 Å². The molecule has 0 saturated carbocycles. The Bertz CT molecular complexity index is 630. The summed E-state index contributed by atoms with van der Waals surface area (Å²) in [5.74, 6) is -2.77. The summed E-state index contributed by atoms with van der Waals surface area (Å²) in [5, 5.41) is 9.21. The number of aromatic nitrogens is 2. The van der Waals surface area contributed by atoms with Crippen molar-refractivity contribution in [2.75, 3.05) is 12.0 Å². The predicted molar refractivity (Wildman–Crippen MR) is 57.3 cm³/mol. The van der Waals surface area contributed by atoms with Gasteiger partial charge in [-0.15, -0.1) is 0 Å². The van der Waals surface area contributed by atoms with E-state index < -0.39 is 32.8 Å². The van der Waals surface area contributed by atoms with Crippen LogP contribution in [0, 0.1) is 5.82 Å². The Balaban J connectivity index is 2.97. The van der Waals surface area contributed by atoms with E-state index in [4.69, 9.17) is 0 Å². The molecule has 0 atom stereocenters. The topological polar surface area (TPSA) is 109 Å². The van der Waals surface area contributed by atoms with Gasteiger partial charge in [-0.3, -0.25) is 14.3 Å². The van der Waals surface area contributed by atoms with Crippen molar-refractivity contribution in [2.45, 2.75) is 13.0 Å². The van der Waals surface area contributed by atoms with E-state index in [9.17, 15) is 27.5 Å². The summed E-state index contributed by atoms with van der Waals surface area (Å²) in [6, 6.07) is 0. The van der Waals surface area contributed by atoms with Crippen molar-refractivity contribution in [1.82, 2.24) is 9.55 Å². The van der Waals surface area contributed by atoms with Crippen LogP contribution in [0.1, 0.15) is 6.42 Å². The SMILES string of the molecule is CS(=O)(=O)CCCn1c(O)c(F)c(=O)[nH]c1=O. The van der Waals surface area contributed by atoms with Gasteiger partial charge in [-0.2, -0.15) is 4.39 Å². The zero-order valence-electron chi connectivity index (χ0n) is 8.93. The summed E-state index contributed by atoms with van der Waals surface area (Å²) in [6.45, 7) is -0.203. The molecule has 0 spiro atoms. The van der Waals surface area contributed by atoms with Gasteiger partial charge in [0.25, 0.3) is 5.56 Å². The van der Waals surface area contributed by atoms with Gasteiger partial charge in [-0.1, -0.05) is 0 Å². The number of aromatic hydroxyl groups is 1. The molecule has 0 saturated heterocycles. The molecule has 17 heavy (non-hydrogen) atoms. The minimum absolute atomic E-state index is 0.0256. The van der Waals surface area contributed by atoms with Gasteiger partial charge in [0.2, 0.25) is 11.7 Å². The summed E-state index contributed by atoms with van der Waals surface area (Å²) in [6.07, 6.45) is 1.04. The molecule has 0 aromatic carbocycles. The molecule has 9 heteroatoms. The average Bonchev–Trinajstić information content (AvgIpc) is 2.18. The summed E-state index contributed by atoms with van der Waals surface area (Å²) >= 11 is 0. The smallest absolute Gasteiger partial charge is 0.331 e. The molecule has 2 N–H and O–H groups in total. The Labute approximate surface area is 95.4 Å². The first kappa shape index (κ1) is 13.4. The van der Waals surface area contributed by atoms with Crippen LogP contribution in [-0.2, 0) is 16.4 Å². The zero-order valence-corrected chi connectivity index (χ0v) is 9.75. The number of nitrogens with zero attached hydrogens (tertiary/aromatic N) is 1. The lowest BCUT2D eigenvalue weighted by molar-refractivity contribution is 0.359. The Kier molecular flexibility index (Phi) is 3.71. The van der Waals surface area contributed by atoms with Crippen molar-refractivity contribution < 1.29 is 17.9 Å². The normalized spacial score (nSPS) is 11.6. The highest BCUT2D eigenvalue weighted by Gasteiger charge is 2.13. The van der Waals surface area contributed by atoms with Gasteiger partial charge in [-0.25, -0.2) is 13.2 Å². The van der Waals surface area contributed by atoms with Gasteiger partial charge in [0.15, 0.2) is 0 Å². The molecule has 0 aliphatic heterocycles. The van der Waals surface area contributed by atoms with Crippen LogP contribution in [0.2, 0.25) is 0 Å². The number of sulfone groups is 1. The lowest BCUT2D eigenvalue weighted by Crippen LogP contribution is -2.32. The Morgan fingerprint density at radius 1 is 1.41 bits per heavy atom. The predicted octanol–water partition coefficient (Wildman–Crippen LogP) is -1.18. The maximum Gasteiger partial charge on any atom is 0.331 e. The molecule has 0 aliphatic carbocycles. The molecule has 0 aliphatic rings. The summed E-state index contributed by atoms with van der Waals surface area (Å²) in [7, 11) is -3.20. The van der Waals surface area contributed by atoms with E-state index >= 15 is 0 Å². The fourth-order valence-corrected chi connectivity index (χ4v) is 1.88. The minimum Gasteiger partial charge on any atom is -0.492 e. The largest absolute Gasteiger partial charge is 0.492 e. The Hall–Kier alpha value is -1.64. The maximum atomic E-state index is 13.0. The van der Waals surface area contributed by atoms with Crippen molar-refractivity contribution in [2.24, 2.45) is 0 Å². The van der Waals surface area contributed by atoms with Crippen LogP contribution >= 0.6 is 0 Å². The van der Waals surface area contributed by atoms with Crippen LogP contribution in [0.25, 0.3) is 0 Å². The first-order chi connectivity index (χ1) is 7.72. The van der Waals surface area contributed by atoms with E-state index in [-0.39, 0.29) is 18.7 Å². The van der Waals surface area contributed by atoms with E-state index in [2.05, 4.69) is 0 Å². The third-order valence-corrected chi connectivity index (χ3v) is 3.04. The van der Waals surface area contributed by atoms with E-state index in [1.54, 1.807) is 4.98 Å². The molecule has 0 fully saturated rings. The molecule has 0 unspecified atom stereocenters. The zero-order chi connectivity index (χ0) is 13.2. The van der Waals surface area contributed by atoms with E-state index in [1.165, 1.54) is 0 Å². The van der Waals surface area contributed by atoms with Crippen LogP contribution in [0.3, 0.4) is 0 Å². The van der Waals surface area contributed by atoms with Gasteiger partial charge < -0.3 is 5.11 Å². The quantitative estimate of drug-likeness (QED) is 0.712. The van der Waals surface area contributed by atoms with Crippen molar-refractivity contribution in [3.8, 4) is 5.88 Å². The van der Waals surface area contributed by atoms with Crippen molar-refractivity contribution in [1.29, 1.82) is 0 Å². The molecule has 1 rings (SSSR count). The minimum atomic E-state index is -3.20. The van der Waals surface area contributed by atoms with Crippen molar-refractivity contribution in [3.05, 3.63) is 26.7 Å². The fourth-order valence-electron chi connectivity index (χ4n) is 1.23. The molecule has 1 aromatic heterocycles. The second-order valence-electron chi connectivity index (χ2n) is 3.53. The van der Waals surface area contributed by atoms with E-state index in [0.717, 1.165) is 6.26 Å². The van der Waals surface area contributed by atoms with Crippen LogP contribution < -0.4 is 11.2 Å². The number of hydrogen-bond acceptors (Lipinski definition) is 5. The van der Waals surface area contributed by atoms with E-state index in [1.807, 2.05) is 0 Å². The Morgan fingerprint density at radius 2 is 2.00 bits per heavy atom. The molecule has 0 bridgehead atoms. The fraction of sp³-hybridized carbons (Fsp3) is 0.500. The summed E-state index contributed by atoms with van der Waals surface area (Å²) in [4.78, 5) is 23.6. The highest BCUT2D eigenvalue weighted by atomic mass is 32.2. The van der Waals surface area contributed by atoms with Crippen molar-refractivity contribution in [3.63, 3.8) is 0 Å². The number of H-pyrrole nitrogens is 1. The highest BCUT2D eigenvalue weighted by Crippen LogP contribution is 2.07. The van der Waals surface area contributed by atoms with Gasteiger partial charge in [0, 0.05) is 12.8 Å². The molecule has 7 nitrogen and oxygen atoms in total.